The lowest BCUT2D eigenvalue weighted by atomic mass is 10.2. The van der Waals surface area contributed by atoms with Gasteiger partial charge in [-0.25, -0.2) is 0 Å². The molecule has 0 aliphatic rings. The molecule has 16 heavy (non-hydrogen) atoms. The Bertz CT molecular complexity index is 243. The van der Waals surface area contributed by atoms with Crippen molar-refractivity contribution in [2.75, 3.05) is 0 Å². The van der Waals surface area contributed by atoms with Gasteiger partial charge in [0.05, 0.1) is 0 Å². The van der Waals surface area contributed by atoms with Gasteiger partial charge in [0, 0.05) is 6.42 Å². The van der Waals surface area contributed by atoms with Crippen molar-refractivity contribution in [1.82, 2.24) is 0 Å². The van der Waals surface area contributed by atoms with E-state index in [1.807, 2.05) is 0 Å². The van der Waals surface area contributed by atoms with Crippen LogP contribution in [0.2, 0.25) is 0 Å². The SMILES string of the molecule is CC(N)OC(=O)CCC(N)C(=O)OC(C)N. The number of rotatable bonds is 6. The Morgan fingerprint density at radius 1 is 1.06 bits per heavy atom. The molecule has 0 aromatic rings. The fourth-order valence-electron chi connectivity index (χ4n) is 0.928. The predicted molar refractivity (Wildman–Crippen MR) is 56.7 cm³/mol. The van der Waals surface area contributed by atoms with Crippen LogP contribution >= 0.6 is 0 Å². The van der Waals surface area contributed by atoms with Crippen molar-refractivity contribution >= 4 is 11.9 Å². The Hall–Kier alpha value is -1.18. The quantitative estimate of drug-likeness (QED) is 0.387. The Morgan fingerprint density at radius 2 is 1.56 bits per heavy atom. The zero-order chi connectivity index (χ0) is 12.7. The van der Waals surface area contributed by atoms with Gasteiger partial charge in [-0.3, -0.25) is 21.1 Å². The zero-order valence-electron chi connectivity index (χ0n) is 9.51. The summed E-state index contributed by atoms with van der Waals surface area (Å²) in [5.41, 5.74) is 16.0. The van der Waals surface area contributed by atoms with Crippen LogP contribution in [-0.4, -0.2) is 30.4 Å². The third kappa shape index (κ3) is 7.16. The highest BCUT2D eigenvalue weighted by atomic mass is 16.6. The van der Waals surface area contributed by atoms with Crippen molar-refractivity contribution in [2.45, 2.75) is 45.2 Å². The van der Waals surface area contributed by atoms with Gasteiger partial charge < -0.3 is 15.2 Å². The largest absolute Gasteiger partial charge is 0.447 e. The number of esters is 2. The molecule has 0 aliphatic carbocycles. The van der Waals surface area contributed by atoms with E-state index >= 15 is 0 Å². The minimum Gasteiger partial charge on any atom is -0.447 e. The van der Waals surface area contributed by atoms with E-state index in [9.17, 15) is 9.59 Å². The second-order valence-corrected chi connectivity index (χ2v) is 3.48. The standard InChI is InChI=1S/C9H19N3O4/c1-5(10)15-8(13)4-3-7(12)9(14)16-6(2)11/h5-7H,3-4,10-12H2,1-2H3. The zero-order valence-corrected chi connectivity index (χ0v) is 9.51. The lowest BCUT2D eigenvalue weighted by Crippen LogP contribution is -2.37. The number of nitrogens with two attached hydrogens (primary N) is 3. The van der Waals surface area contributed by atoms with Gasteiger partial charge in [-0.05, 0) is 20.3 Å². The lowest BCUT2D eigenvalue weighted by Gasteiger charge is -2.13. The van der Waals surface area contributed by atoms with Crippen LogP contribution in [0.5, 0.6) is 0 Å². The van der Waals surface area contributed by atoms with E-state index in [2.05, 4.69) is 9.47 Å². The summed E-state index contributed by atoms with van der Waals surface area (Å²) in [4.78, 5) is 22.3. The van der Waals surface area contributed by atoms with Crippen LogP contribution in [0.25, 0.3) is 0 Å². The summed E-state index contributed by atoms with van der Waals surface area (Å²) in [5, 5.41) is 0. The van der Waals surface area contributed by atoms with E-state index in [0.717, 1.165) is 0 Å². The maximum atomic E-state index is 11.2. The van der Waals surface area contributed by atoms with Gasteiger partial charge in [0.25, 0.3) is 0 Å². The van der Waals surface area contributed by atoms with Crippen molar-refractivity contribution in [3.63, 3.8) is 0 Å². The van der Waals surface area contributed by atoms with Crippen LogP contribution in [0.4, 0.5) is 0 Å². The molecule has 0 amide bonds. The summed E-state index contributed by atoms with van der Waals surface area (Å²) in [6, 6.07) is -0.883. The van der Waals surface area contributed by atoms with Crippen LogP contribution in [0.3, 0.4) is 0 Å². The smallest absolute Gasteiger partial charge is 0.324 e. The third-order valence-electron chi connectivity index (χ3n) is 1.58. The first-order chi connectivity index (χ1) is 7.32. The van der Waals surface area contributed by atoms with Gasteiger partial charge in [0.1, 0.15) is 18.5 Å². The second kappa shape index (κ2) is 7.15. The third-order valence-corrected chi connectivity index (χ3v) is 1.58. The second-order valence-electron chi connectivity index (χ2n) is 3.48. The summed E-state index contributed by atoms with van der Waals surface area (Å²) in [6.45, 7) is 3.04. The van der Waals surface area contributed by atoms with E-state index < -0.39 is 30.4 Å². The van der Waals surface area contributed by atoms with Gasteiger partial charge in [-0.2, -0.15) is 0 Å². The normalized spacial score (nSPS) is 16.1. The van der Waals surface area contributed by atoms with E-state index in [4.69, 9.17) is 17.2 Å². The number of hydrogen-bond acceptors (Lipinski definition) is 7. The number of hydrogen-bond donors (Lipinski definition) is 3. The summed E-state index contributed by atoms with van der Waals surface area (Å²) < 4.78 is 9.33. The summed E-state index contributed by atoms with van der Waals surface area (Å²) in [7, 11) is 0. The average Bonchev–Trinajstić information content (AvgIpc) is 2.11. The van der Waals surface area contributed by atoms with Crippen molar-refractivity contribution < 1.29 is 19.1 Å². The van der Waals surface area contributed by atoms with E-state index in [1.165, 1.54) is 13.8 Å². The molecule has 7 heteroatoms. The Kier molecular flexibility index (Phi) is 6.63. The van der Waals surface area contributed by atoms with Gasteiger partial charge in [0.15, 0.2) is 0 Å². The lowest BCUT2D eigenvalue weighted by molar-refractivity contribution is -0.151. The molecule has 0 spiro atoms. The summed E-state index contributed by atoms with van der Waals surface area (Å²) >= 11 is 0. The minimum absolute atomic E-state index is 0.0107. The average molecular weight is 233 g/mol. The molecule has 0 aromatic carbocycles. The molecule has 0 aromatic heterocycles. The molecule has 0 heterocycles. The first kappa shape index (κ1) is 14.8. The number of carbonyl (C=O) groups excluding carboxylic acids is 2. The number of carbonyl (C=O) groups is 2. The van der Waals surface area contributed by atoms with Gasteiger partial charge in [0.2, 0.25) is 0 Å². The van der Waals surface area contributed by atoms with Gasteiger partial charge in [-0.15, -0.1) is 0 Å². The first-order valence-corrected chi connectivity index (χ1v) is 4.99. The molecule has 0 radical (unpaired) electrons. The maximum absolute atomic E-state index is 11.2. The maximum Gasteiger partial charge on any atom is 0.324 e. The molecule has 0 fully saturated rings. The van der Waals surface area contributed by atoms with Crippen LogP contribution in [0.1, 0.15) is 26.7 Å². The summed E-state index contributed by atoms with van der Waals surface area (Å²) in [5.74, 6) is -1.14. The Balaban J connectivity index is 3.84. The minimum atomic E-state index is -0.883. The molecular formula is C9H19N3O4. The molecule has 0 bridgehead atoms. The molecule has 6 N–H and O–H groups in total. The van der Waals surface area contributed by atoms with Crippen LogP contribution < -0.4 is 17.2 Å². The van der Waals surface area contributed by atoms with E-state index in [0.29, 0.717) is 0 Å². The topological polar surface area (TPSA) is 131 Å². The molecule has 94 valence electrons. The van der Waals surface area contributed by atoms with Crippen LogP contribution in [-0.2, 0) is 19.1 Å². The highest BCUT2D eigenvalue weighted by Crippen LogP contribution is 2.01. The molecular weight excluding hydrogens is 214 g/mol. The molecule has 0 saturated heterocycles. The molecule has 7 nitrogen and oxygen atoms in total. The highest BCUT2D eigenvalue weighted by Gasteiger charge is 2.18. The van der Waals surface area contributed by atoms with E-state index in [-0.39, 0.29) is 12.8 Å². The molecule has 0 saturated carbocycles. The molecule has 3 atom stereocenters. The van der Waals surface area contributed by atoms with Crippen molar-refractivity contribution in [2.24, 2.45) is 17.2 Å². The molecule has 3 unspecified atom stereocenters. The van der Waals surface area contributed by atoms with Crippen molar-refractivity contribution in [3.05, 3.63) is 0 Å². The van der Waals surface area contributed by atoms with E-state index in [1.54, 1.807) is 0 Å². The van der Waals surface area contributed by atoms with Gasteiger partial charge >= 0.3 is 11.9 Å². The van der Waals surface area contributed by atoms with Gasteiger partial charge in [-0.1, -0.05) is 0 Å². The first-order valence-electron chi connectivity index (χ1n) is 4.99. The Morgan fingerprint density at radius 3 is 2.00 bits per heavy atom. The summed E-state index contributed by atoms with van der Waals surface area (Å²) in [6.07, 6.45) is -1.23. The monoisotopic (exact) mass is 233 g/mol. The Labute approximate surface area is 94.2 Å². The fraction of sp³-hybridized carbons (Fsp3) is 0.778. The van der Waals surface area contributed by atoms with Crippen molar-refractivity contribution in [3.8, 4) is 0 Å². The molecule has 0 aliphatic heterocycles. The van der Waals surface area contributed by atoms with Crippen LogP contribution in [0.15, 0.2) is 0 Å². The van der Waals surface area contributed by atoms with Crippen molar-refractivity contribution in [1.29, 1.82) is 0 Å². The number of ether oxygens (including phenoxy) is 2. The fourth-order valence-corrected chi connectivity index (χ4v) is 0.928. The van der Waals surface area contributed by atoms with Crippen LogP contribution in [0, 0.1) is 0 Å². The highest BCUT2D eigenvalue weighted by molar-refractivity contribution is 5.77. The molecule has 0 rings (SSSR count). The predicted octanol–water partition coefficient (Wildman–Crippen LogP) is -1.21.